The van der Waals surface area contributed by atoms with Crippen molar-refractivity contribution in [2.24, 2.45) is 30.6 Å². The molecule has 3 rings (SSSR count). The van der Waals surface area contributed by atoms with Gasteiger partial charge in [-0.3, -0.25) is 16.0 Å². The minimum Gasteiger partial charge on any atom is -0.275 e. The Kier molecular flexibility index (Phi) is 2.07. The molecule has 0 bridgehead atoms. The molecule has 0 saturated heterocycles. The number of hydrogen-bond acceptors (Lipinski definition) is 3. The highest BCUT2D eigenvalue weighted by atomic mass is 15.3. The first kappa shape index (κ1) is 9.36. The second-order valence-electron chi connectivity index (χ2n) is 5.05. The molecule has 0 amide bonds. The van der Waals surface area contributed by atoms with Gasteiger partial charge in [-0.2, -0.15) is 5.10 Å². The quantitative estimate of drug-likeness (QED) is 0.572. The molecule has 0 aliphatic heterocycles. The molecule has 3 atom stereocenters. The SMILES string of the molecule is Cn1ccc(C(NN)C2CC3CC3C2)n1. The minimum absolute atomic E-state index is 0.249. The number of hydrazine groups is 1. The molecular formula is C11H18N4. The number of nitrogens with zero attached hydrogens (tertiary/aromatic N) is 2. The van der Waals surface area contributed by atoms with Crippen LogP contribution in [0.3, 0.4) is 0 Å². The van der Waals surface area contributed by atoms with Crippen molar-refractivity contribution in [3.63, 3.8) is 0 Å². The van der Waals surface area contributed by atoms with Crippen LogP contribution in [0.15, 0.2) is 12.3 Å². The Morgan fingerprint density at radius 1 is 1.47 bits per heavy atom. The molecule has 4 nitrogen and oxygen atoms in total. The van der Waals surface area contributed by atoms with Crippen molar-refractivity contribution in [3.05, 3.63) is 18.0 Å². The highest BCUT2D eigenvalue weighted by molar-refractivity contribution is 5.10. The maximum absolute atomic E-state index is 5.65. The number of fused-ring (bicyclic) bond motifs is 1. The molecule has 0 aromatic carbocycles. The smallest absolute Gasteiger partial charge is 0.0810 e. The fraction of sp³-hybridized carbons (Fsp3) is 0.727. The summed E-state index contributed by atoms with van der Waals surface area (Å²) in [5.41, 5.74) is 4.03. The molecule has 0 radical (unpaired) electrons. The number of nitrogens with two attached hydrogens (primary N) is 1. The number of hydrogen-bond donors (Lipinski definition) is 2. The molecule has 1 aromatic heterocycles. The summed E-state index contributed by atoms with van der Waals surface area (Å²) >= 11 is 0. The fourth-order valence-corrected chi connectivity index (χ4v) is 3.10. The Hall–Kier alpha value is -0.870. The Balaban J connectivity index is 1.76. The van der Waals surface area contributed by atoms with Gasteiger partial charge < -0.3 is 0 Å². The summed E-state index contributed by atoms with van der Waals surface area (Å²) in [6.07, 6.45) is 6.09. The molecule has 1 aromatic rings. The van der Waals surface area contributed by atoms with Crippen LogP contribution in [-0.4, -0.2) is 9.78 Å². The van der Waals surface area contributed by atoms with Crippen molar-refractivity contribution < 1.29 is 0 Å². The molecule has 1 heterocycles. The van der Waals surface area contributed by atoms with Gasteiger partial charge in [0.15, 0.2) is 0 Å². The van der Waals surface area contributed by atoms with E-state index < -0.39 is 0 Å². The number of aryl methyl sites for hydroxylation is 1. The van der Waals surface area contributed by atoms with Crippen molar-refractivity contribution in [1.29, 1.82) is 0 Å². The molecule has 3 unspecified atom stereocenters. The lowest BCUT2D eigenvalue weighted by Crippen LogP contribution is -2.33. The Bertz CT molecular complexity index is 349. The van der Waals surface area contributed by atoms with Crippen molar-refractivity contribution in [3.8, 4) is 0 Å². The first-order valence-corrected chi connectivity index (χ1v) is 5.73. The highest BCUT2D eigenvalue weighted by Gasteiger charge is 2.48. The van der Waals surface area contributed by atoms with Gasteiger partial charge in [0, 0.05) is 13.2 Å². The second kappa shape index (κ2) is 3.32. The molecule has 2 aliphatic rings. The van der Waals surface area contributed by atoms with Gasteiger partial charge in [-0.15, -0.1) is 0 Å². The van der Waals surface area contributed by atoms with Crippen molar-refractivity contribution in [1.82, 2.24) is 15.2 Å². The van der Waals surface area contributed by atoms with E-state index in [1.807, 2.05) is 17.9 Å². The van der Waals surface area contributed by atoms with E-state index in [1.165, 1.54) is 19.3 Å². The van der Waals surface area contributed by atoms with Crippen LogP contribution in [0.25, 0.3) is 0 Å². The van der Waals surface area contributed by atoms with E-state index in [0.29, 0.717) is 5.92 Å². The topological polar surface area (TPSA) is 55.9 Å². The number of aromatic nitrogens is 2. The van der Waals surface area contributed by atoms with Gasteiger partial charge in [-0.05, 0) is 43.1 Å². The molecule has 2 saturated carbocycles. The van der Waals surface area contributed by atoms with Crippen LogP contribution >= 0.6 is 0 Å². The largest absolute Gasteiger partial charge is 0.275 e. The van der Waals surface area contributed by atoms with Crippen LogP contribution in [0.5, 0.6) is 0 Å². The summed E-state index contributed by atoms with van der Waals surface area (Å²) < 4.78 is 1.84. The maximum atomic E-state index is 5.65. The van der Waals surface area contributed by atoms with E-state index in [-0.39, 0.29) is 6.04 Å². The lowest BCUT2D eigenvalue weighted by molar-refractivity contribution is 0.338. The molecule has 82 valence electrons. The van der Waals surface area contributed by atoms with Crippen LogP contribution in [0.2, 0.25) is 0 Å². The standard InChI is InChI=1S/C11H18N4/c1-15-3-2-10(14-15)11(13-12)9-5-7-4-8(7)6-9/h2-3,7-9,11,13H,4-6,12H2,1H3. The van der Waals surface area contributed by atoms with Crippen molar-refractivity contribution in [2.75, 3.05) is 0 Å². The van der Waals surface area contributed by atoms with E-state index >= 15 is 0 Å². The average Bonchev–Trinajstić information content (AvgIpc) is 2.63. The summed E-state index contributed by atoms with van der Waals surface area (Å²) in [6.45, 7) is 0. The normalized spacial score (nSPS) is 35.2. The molecular weight excluding hydrogens is 188 g/mol. The maximum Gasteiger partial charge on any atom is 0.0810 e. The van der Waals surface area contributed by atoms with Crippen LogP contribution in [0, 0.1) is 17.8 Å². The van der Waals surface area contributed by atoms with Crippen LogP contribution in [0.4, 0.5) is 0 Å². The predicted molar refractivity (Wildman–Crippen MR) is 57.6 cm³/mol. The third-order valence-corrected chi connectivity index (χ3v) is 3.98. The van der Waals surface area contributed by atoms with Gasteiger partial charge >= 0.3 is 0 Å². The molecule has 0 spiro atoms. The monoisotopic (exact) mass is 206 g/mol. The summed E-state index contributed by atoms with van der Waals surface area (Å²) in [5.74, 6) is 8.33. The minimum atomic E-state index is 0.249. The van der Waals surface area contributed by atoms with Gasteiger partial charge in [-0.1, -0.05) is 0 Å². The number of nitrogens with one attached hydrogen (secondary N) is 1. The molecule has 2 fully saturated rings. The Morgan fingerprint density at radius 2 is 2.20 bits per heavy atom. The van der Waals surface area contributed by atoms with Crippen molar-refractivity contribution >= 4 is 0 Å². The summed E-state index contributed by atoms with van der Waals surface area (Å²) in [4.78, 5) is 0. The Labute approximate surface area is 89.8 Å². The zero-order valence-corrected chi connectivity index (χ0v) is 9.06. The number of rotatable bonds is 3. The first-order valence-electron chi connectivity index (χ1n) is 5.73. The zero-order chi connectivity index (χ0) is 10.4. The summed E-state index contributed by atoms with van der Waals surface area (Å²) in [5, 5.41) is 4.44. The van der Waals surface area contributed by atoms with E-state index in [0.717, 1.165) is 17.5 Å². The summed E-state index contributed by atoms with van der Waals surface area (Å²) in [6, 6.07) is 2.31. The lowest BCUT2D eigenvalue weighted by atomic mass is 9.93. The fourth-order valence-electron chi connectivity index (χ4n) is 3.10. The van der Waals surface area contributed by atoms with Gasteiger partial charge in [0.2, 0.25) is 0 Å². The third kappa shape index (κ3) is 1.58. The average molecular weight is 206 g/mol. The Morgan fingerprint density at radius 3 is 2.73 bits per heavy atom. The predicted octanol–water partition coefficient (Wildman–Crippen LogP) is 0.971. The van der Waals surface area contributed by atoms with Crippen LogP contribution in [0.1, 0.15) is 31.0 Å². The van der Waals surface area contributed by atoms with Crippen molar-refractivity contribution in [2.45, 2.75) is 25.3 Å². The highest BCUT2D eigenvalue weighted by Crippen LogP contribution is 2.56. The first-order chi connectivity index (χ1) is 7.28. The van der Waals surface area contributed by atoms with Gasteiger partial charge in [0.25, 0.3) is 0 Å². The molecule has 4 heteroatoms. The summed E-state index contributed by atoms with van der Waals surface area (Å²) in [7, 11) is 1.95. The van der Waals surface area contributed by atoms with E-state index in [2.05, 4.69) is 16.6 Å². The third-order valence-electron chi connectivity index (χ3n) is 3.98. The van der Waals surface area contributed by atoms with E-state index in [1.54, 1.807) is 0 Å². The molecule has 3 N–H and O–H groups in total. The molecule has 15 heavy (non-hydrogen) atoms. The van der Waals surface area contributed by atoms with Crippen LogP contribution < -0.4 is 11.3 Å². The van der Waals surface area contributed by atoms with E-state index in [4.69, 9.17) is 5.84 Å². The second-order valence-corrected chi connectivity index (χ2v) is 5.05. The van der Waals surface area contributed by atoms with Crippen LogP contribution in [-0.2, 0) is 7.05 Å². The molecule has 2 aliphatic carbocycles. The zero-order valence-electron chi connectivity index (χ0n) is 9.06. The lowest BCUT2D eigenvalue weighted by Gasteiger charge is -2.22. The van der Waals surface area contributed by atoms with Gasteiger partial charge in [0.1, 0.15) is 0 Å². The van der Waals surface area contributed by atoms with Gasteiger partial charge in [0.05, 0.1) is 11.7 Å². The van der Waals surface area contributed by atoms with E-state index in [9.17, 15) is 0 Å². The van der Waals surface area contributed by atoms with Gasteiger partial charge in [-0.25, -0.2) is 0 Å².